The Hall–Kier alpha value is -1.35. The SMILES string of the molecule is CC(=O)c1cc(C)ccc1OCCO. The maximum Gasteiger partial charge on any atom is 0.163 e. The van der Waals surface area contributed by atoms with Crippen molar-refractivity contribution in [2.75, 3.05) is 13.2 Å². The molecule has 0 saturated carbocycles. The summed E-state index contributed by atoms with van der Waals surface area (Å²) in [6, 6.07) is 5.41. The first kappa shape index (κ1) is 10.7. The lowest BCUT2D eigenvalue weighted by Crippen LogP contribution is -2.05. The molecular weight excluding hydrogens is 180 g/mol. The number of benzene rings is 1. The first-order valence-electron chi connectivity index (χ1n) is 4.50. The van der Waals surface area contributed by atoms with Gasteiger partial charge in [0.25, 0.3) is 0 Å². The summed E-state index contributed by atoms with van der Waals surface area (Å²) in [5, 5.41) is 8.60. The van der Waals surface area contributed by atoms with E-state index in [4.69, 9.17) is 9.84 Å². The van der Waals surface area contributed by atoms with Crippen LogP contribution in [0.4, 0.5) is 0 Å². The highest BCUT2D eigenvalue weighted by Gasteiger charge is 2.07. The lowest BCUT2D eigenvalue weighted by molar-refractivity contribution is 0.101. The molecule has 1 aromatic carbocycles. The minimum atomic E-state index is -0.0504. The zero-order valence-corrected chi connectivity index (χ0v) is 8.41. The quantitative estimate of drug-likeness (QED) is 0.740. The first-order valence-corrected chi connectivity index (χ1v) is 4.50. The van der Waals surface area contributed by atoms with Gasteiger partial charge in [0.15, 0.2) is 5.78 Å². The van der Waals surface area contributed by atoms with Gasteiger partial charge in [-0.1, -0.05) is 11.6 Å². The Kier molecular flexibility index (Phi) is 3.65. The van der Waals surface area contributed by atoms with E-state index < -0.39 is 0 Å². The van der Waals surface area contributed by atoms with Crippen LogP contribution in [0.3, 0.4) is 0 Å². The Bertz CT molecular complexity index is 331. The molecule has 0 aliphatic carbocycles. The molecule has 0 unspecified atom stereocenters. The summed E-state index contributed by atoms with van der Waals surface area (Å²) in [6.07, 6.45) is 0. The number of aryl methyl sites for hydroxylation is 1. The van der Waals surface area contributed by atoms with Crippen molar-refractivity contribution >= 4 is 5.78 Å². The highest BCUT2D eigenvalue weighted by atomic mass is 16.5. The predicted molar refractivity (Wildman–Crippen MR) is 53.8 cm³/mol. The van der Waals surface area contributed by atoms with Gasteiger partial charge in [-0.3, -0.25) is 4.79 Å². The zero-order chi connectivity index (χ0) is 10.6. The van der Waals surface area contributed by atoms with Crippen LogP contribution in [0.5, 0.6) is 5.75 Å². The number of Topliss-reactive ketones (excluding diaryl/α,β-unsaturated/α-hetero) is 1. The molecule has 1 N–H and O–H groups in total. The number of hydrogen-bond acceptors (Lipinski definition) is 3. The minimum Gasteiger partial charge on any atom is -0.490 e. The van der Waals surface area contributed by atoms with Gasteiger partial charge in [-0.2, -0.15) is 0 Å². The van der Waals surface area contributed by atoms with E-state index in [1.807, 2.05) is 13.0 Å². The third kappa shape index (κ3) is 2.57. The molecule has 3 nitrogen and oxygen atoms in total. The van der Waals surface area contributed by atoms with Crippen LogP contribution in [-0.4, -0.2) is 24.1 Å². The lowest BCUT2D eigenvalue weighted by Gasteiger charge is -2.08. The molecule has 0 spiro atoms. The summed E-state index contributed by atoms with van der Waals surface area (Å²) in [6.45, 7) is 3.58. The molecular formula is C11H14O3. The maximum absolute atomic E-state index is 11.2. The Morgan fingerprint density at radius 1 is 1.50 bits per heavy atom. The second-order valence-electron chi connectivity index (χ2n) is 3.13. The topological polar surface area (TPSA) is 46.5 Å². The van der Waals surface area contributed by atoms with E-state index in [9.17, 15) is 4.79 Å². The van der Waals surface area contributed by atoms with Crippen molar-refractivity contribution in [3.05, 3.63) is 29.3 Å². The van der Waals surface area contributed by atoms with Crippen molar-refractivity contribution in [3.8, 4) is 5.75 Å². The Morgan fingerprint density at radius 3 is 2.79 bits per heavy atom. The molecule has 0 atom stereocenters. The van der Waals surface area contributed by atoms with Crippen molar-refractivity contribution in [2.45, 2.75) is 13.8 Å². The van der Waals surface area contributed by atoms with E-state index in [2.05, 4.69) is 0 Å². The number of aliphatic hydroxyl groups is 1. The summed E-state index contributed by atoms with van der Waals surface area (Å²) < 4.78 is 5.23. The average Bonchev–Trinajstić information content (AvgIpc) is 2.15. The number of rotatable bonds is 4. The molecule has 1 aromatic rings. The van der Waals surface area contributed by atoms with Gasteiger partial charge >= 0.3 is 0 Å². The van der Waals surface area contributed by atoms with Crippen LogP contribution in [0.15, 0.2) is 18.2 Å². The van der Waals surface area contributed by atoms with E-state index in [1.165, 1.54) is 6.92 Å². The van der Waals surface area contributed by atoms with Gasteiger partial charge < -0.3 is 9.84 Å². The number of hydrogen-bond donors (Lipinski definition) is 1. The molecule has 0 saturated heterocycles. The van der Waals surface area contributed by atoms with E-state index in [0.29, 0.717) is 11.3 Å². The van der Waals surface area contributed by atoms with Gasteiger partial charge in [-0.15, -0.1) is 0 Å². The fourth-order valence-electron chi connectivity index (χ4n) is 1.20. The summed E-state index contributed by atoms with van der Waals surface area (Å²) in [7, 11) is 0. The van der Waals surface area contributed by atoms with E-state index in [-0.39, 0.29) is 19.0 Å². The van der Waals surface area contributed by atoms with E-state index in [1.54, 1.807) is 12.1 Å². The van der Waals surface area contributed by atoms with Crippen molar-refractivity contribution in [1.82, 2.24) is 0 Å². The largest absolute Gasteiger partial charge is 0.490 e. The number of ether oxygens (including phenoxy) is 1. The van der Waals surface area contributed by atoms with Crippen molar-refractivity contribution in [2.24, 2.45) is 0 Å². The Labute approximate surface area is 83.3 Å². The predicted octanol–water partition coefficient (Wildman–Crippen LogP) is 1.57. The Morgan fingerprint density at radius 2 is 2.21 bits per heavy atom. The molecule has 14 heavy (non-hydrogen) atoms. The van der Waals surface area contributed by atoms with Crippen LogP contribution in [0.25, 0.3) is 0 Å². The first-order chi connectivity index (χ1) is 6.65. The third-order valence-electron chi connectivity index (χ3n) is 1.86. The number of carbonyl (C=O) groups is 1. The zero-order valence-electron chi connectivity index (χ0n) is 8.41. The molecule has 0 aromatic heterocycles. The van der Waals surface area contributed by atoms with Crippen LogP contribution in [-0.2, 0) is 0 Å². The highest BCUT2D eigenvalue weighted by molar-refractivity contribution is 5.97. The summed E-state index contributed by atoms with van der Waals surface area (Å²) in [4.78, 5) is 11.2. The minimum absolute atomic E-state index is 0.0263. The molecule has 0 amide bonds. The average molecular weight is 194 g/mol. The van der Waals surface area contributed by atoms with E-state index >= 15 is 0 Å². The molecule has 0 fully saturated rings. The fourth-order valence-corrected chi connectivity index (χ4v) is 1.20. The van der Waals surface area contributed by atoms with Crippen molar-refractivity contribution in [1.29, 1.82) is 0 Å². The van der Waals surface area contributed by atoms with Crippen LogP contribution >= 0.6 is 0 Å². The molecule has 0 bridgehead atoms. The third-order valence-corrected chi connectivity index (χ3v) is 1.86. The fraction of sp³-hybridized carbons (Fsp3) is 0.364. The second kappa shape index (κ2) is 4.77. The van der Waals surface area contributed by atoms with Gasteiger partial charge in [0.05, 0.1) is 12.2 Å². The van der Waals surface area contributed by atoms with Gasteiger partial charge in [0, 0.05) is 0 Å². The second-order valence-corrected chi connectivity index (χ2v) is 3.13. The van der Waals surface area contributed by atoms with Crippen LogP contribution in [0.2, 0.25) is 0 Å². The molecule has 76 valence electrons. The normalized spacial score (nSPS) is 9.93. The molecule has 1 rings (SSSR count). The summed E-state index contributed by atoms with van der Waals surface area (Å²) >= 11 is 0. The van der Waals surface area contributed by atoms with Crippen molar-refractivity contribution in [3.63, 3.8) is 0 Å². The standard InChI is InChI=1S/C11H14O3/c1-8-3-4-11(14-6-5-12)10(7-8)9(2)13/h3-4,7,12H,5-6H2,1-2H3. The van der Waals surface area contributed by atoms with Crippen LogP contribution in [0.1, 0.15) is 22.8 Å². The molecule has 0 aliphatic heterocycles. The van der Waals surface area contributed by atoms with Crippen molar-refractivity contribution < 1.29 is 14.6 Å². The Balaban J connectivity index is 2.96. The number of aliphatic hydroxyl groups excluding tert-OH is 1. The van der Waals surface area contributed by atoms with Gasteiger partial charge in [-0.05, 0) is 26.0 Å². The van der Waals surface area contributed by atoms with Gasteiger partial charge in [0.2, 0.25) is 0 Å². The molecule has 0 heterocycles. The molecule has 0 radical (unpaired) electrons. The summed E-state index contributed by atoms with van der Waals surface area (Å²) in [5.74, 6) is 0.513. The molecule has 3 heteroatoms. The summed E-state index contributed by atoms with van der Waals surface area (Å²) in [5.41, 5.74) is 1.59. The smallest absolute Gasteiger partial charge is 0.163 e. The molecule has 0 aliphatic rings. The monoisotopic (exact) mass is 194 g/mol. The van der Waals surface area contributed by atoms with Crippen LogP contribution < -0.4 is 4.74 Å². The number of carbonyl (C=O) groups excluding carboxylic acids is 1. The van der Waals surface area contributed by atoms with Gasteiger partial charge in [-0.25, -0.2) is 0 Å². The highest BCUT2D eigenvalue weighted by Crippen LogP contribution is 2.20. The van der Waals surface area contributed by atoms with E-state index in [0.717, 1.165) is 5.56 Å². The lowest BCUT2D eigenvalue weighted by atomic mass is 10.1. The van der Waals surface area contributed by atoms with Crippen LogP contribution in [0, 0.1) is 6.92 Å². The maximum atomic E-state index is 11.2. The van der Waals surface area contributed by atoms with Gasteiger partial charge in [0.1, 0.15) is 12.4 Å². The number of ketones is 1.